The number of pyridine rings is 1. The van der Waals surface area contributed by atoms with Crippen molar-refractivity contribution in [3.63, 3.8) is 0 Å². The molecule has 0 aliphatic rings. The minimum Gasteiger partial charge on any atom is -0.330 e. The number of nitrogens with zero attached hydrogens (tertiary/aromatic N) is 3. The number of imidazole rings is 1. The largest absolute Gasteiger partial charge is 0.330 e. The molecule has 0 aliphatic carbocycles. The van der Waals surface area contributed by atoms with E-state index in [1.807, 2.05) is 30.3 Å². The van der Waals surface area contributed by atoms with E-state index in [2.05, 4.69) is 26.7 Å². The van der Waals surface area contributed by atoms with E-state index in [1.54, 1.807) is 6.20 Å². The van der Waals surface area contributed by atoms with Crippen molar-refractivity contribution in [1.82, 2.24) is 14.5 Å². The highest BCUT2D eigenvalue weighted by atomic mass is 15.1. The van der Waals surface area contributed by atoms with E-state index in [9.17, 15) is 0 Å². The molecule has 90 valence electrons. The first kappa shape index (κ1) is 10.9. The van der Waals surface area contributed by atoms with Crippen molar-refractivity contribution in [2.45, 2.75) is 6.42 Å². The van der Waals surface area contributed by atoms with Crippen molar-refractivity contribution in [2.24, 2.45) is 5.73 Å². The second-order valence-electron chi connectivity index (χ2n) is 4.08. The van der Waals surface area contributed by atoms with E-state index < -0.39 is 0 Å². The third-order valence-corrected chi connectivity index (χ3v) is 2.88. The maximum absolute atomic E-state index is 5.66. The minimum atomic E-state index is 0.580. The van der Waals surface area contributed by atoms with Crippen LogP contribution in [0.15, 0.2) is 48.7 Å². The van der Waals surface area contributed by atoms with Gasteiger partial charge in [-0.15, -0.1) is 0 Å². The lowest BCUT2D eigenvalue weighted by atomic mass is 10.3. The molecule has 4 nitrogen and oxygen atoms in total. The zero-order valence-corrected chi connectivity index (χ0v) is 9.95. The summed E-state index contributed by atoms with van der Waals surface area (Å²) in [7, 11) is 0. The molecule has 3 rings (SSSR count). The van der Waals surface area contributed by atoms with Crippen molar-refractivity contribution in [3.05, 3.63) is 54.5 Å². The molecule has 0 unspecified atom stereocenters. The molecule has 2 heterocycles. The van der Waals surface area contributed by atoms with Gasteiger partial charge in [-0.25, -0.2) is 9.97 Å². The highest BCUT2D eigenvalue weighted by molar-refractivity contribution is 5.74. The summed E-state index contributed by atoms with van der Waals surface area (Å²) in [4.78, 5) is 8.85. The zero-order valence-electron chi connectivity index (χ0n) is 9.95. The maximum atomic E-state index is 5.66. The fourth-order valence-electron chi connectivity index (χ4n) is 2.12. The van der Waals surface area contributed by atoms with E-state index in [-0.39, 0.29) is 0 Å². The lowest BCUT2D eigenvalue weighted by Crippen LogP contribution is -2.08. The number of nitrogens with two attached hydrogens (primary N) is 1. The molecule has 18 heavy (non-hydrogen) atoms. The molecule has 1 aromatic carbocycles. The van der Waals surface area contributed by atoms with Gasteiger partial charge in [0.15, 0.2) is 5.65 Å². The Labute approximate surface area is 105 Å². The Morgan fingerprint density at radius 1 is 1.06 bits per heavy atom. The molecule has 0 aliphatic heterocycles. The Kier molecular flexibility index (Phi) is 2.78. The first-order valence-electron chi connectivity index (χ1n) is 5.98. The van der Waals surface area contributed by atoms with Gasteiger partial charge in [0.2, 0.25) is 0 Å². The first-order chi connectivity index (χ1) is 8.90. The van der Waals surface area contributed by atoms with E-state index >= 15 is 0 Å². The summed E-state index contributed by atoms with van der Waals surface area (Å²) in [5.41, 5.74) is 8.54. The van der Waals surface area contributed by atoms with Gasteiger partial charge in [0, 0.05) is 18.3 Å². The van der Waals surface area contributed by atoms with Gasteiger partial charge in [0.1, 0.15) is 5.82 Å². The van der Waals surface area contributed by atoms with Crippen LogP contribution >= 0.6 is 0 Å². The third kappa shape index (κ3) is 1.76. The summed E-state index contributed by atoms with van der Waals surface area (Å²) < 4.78 is 2.12. The minimum absolute atomic E-state index is 0.580. The van der Waals surface area contributed by atoms with Crippen molar-refractivity contribution in [1.29, 1.82) is 0 Å². The molecule has 0 fully saturated rings. The number of fused-ring (bicyclic) bond motifs is 1. The van der Waals surface area contributed by atoms with Crippen LogP contribution in [0.5, 0.6) is 0 Å². The number of rotatable bonds is 3. The Morgan fingerprint density at radius 3 is 2.67 bits per heavy atom. The molecule has 0 bridgehead atoms. The number of hydrogen-bond acceptors (Lipinski definition) is 3. The van der Waals surface area contributed by atoms with Crippen LogP contribution in [0.1, 0.15) is 5.82 Å². The van der Waals surface area contributed by atoms with Crippen LogP contribution in [-0.2, 0) is 6.42 Å². The summed E-state index contributed by atoms with van der Waals surface area (Å²) in [6.45, 7) is 0.580. The molecule has 0 radical (unpaired) electrons. The average Bonchev–Trinajstić information content (AvgIpc) is 2.78. The Hall–Kier alpha value is -2.20. The van der Waals surface area contributed by atoms with Gasteiger partial charge in [-0.2, -0.15) is 0 Å². The molecule has 0 atom stereocenters. The molecule has 0 saturated carbocycles. The average molecular weight is 238 g/mol. The summed E-state index contributed by atoms with van der Waals surface area (Å²) in [5, 5.41) is 0. The van der Waals surface area contributed by atoms with E-state index in [1.165, 1.54) is 0 Å². The third-order valence-electron chi connectivity index (χ3n) is 2.88. The second kappa shape index (κ2) is 4.58. The zero-order chi connectivity index (χ0) is 12.4. The highest BCUT2D eigenvalue weighted by Crippen LogP contribution is 2.19. The van der Waals surface area contributed by atoms with Crippen LogP contribution in [-0.4, -0.2) is 21.1 Å². The Bertz CT molecular complexity index is 658. The van der Waals surface area contributed by atoms with Gasteiger partial charge in [0.25, 0.3) is 0 Å². The van der Waals surface area contributed by atoms with Gasteiger partial charge < -0.3 is 5.73 Å². The van der Waals surface area contributed by atoms with Gasteiger partial charge >= 0.3 is 0 Å². The number of hydrogen-bond donors (Lipinski definition) is 1. The van der Waals surface area contributed by atoms with Gasteiger partial charge in [0.05, 0.1) is 5.52 Å². The van der Waals surface area contributed by atoms with Gasteiger partial charge in [-0.1, -0.05) is 18.2 Å². The van der Waals surface area contributed by atoms with E-state index in [4.69, 9.17) is 5.73 Å². The molecule has 0 saturated heterocycles. The molecular weight excluding hydrogens is 224 g/mol. The fourth-order valence-corrected chi connectivity index (χ4v) is 2.12. The van der Waals surface area contributed by atoms with Crippen LogP contribution in [0.3, 0.4) is 0 Å². The smallest absolute Gasteiger partial charge is 0.178 e. The Balaban J connectivity index is 2.28. The van der Waals surface area contributed by atoms with Crippen molar-refractivity contribution in [2.75, 3.05) is 6.54 Å². The molecule has 4 heteroatoms. The predicted octanol–water partition coefficient (Wildman–Crippen LogP) is 1.92. The summed E-state index contributed by atoms with van der Waals surface area (Å²) in [6.07, 6.45) is 2.50. The van der Waals surface area contributed by atoms with Crippen LogP contribution in [0, 0.1) is 0 Å². The summed E-state index contributed by atoms with van der Waals surface area (Å²) in [5.74, 6) is 0.956. The van der Waals surface area contributed by atoms with Crippen molar-refractivity contribution < 1.29 is 0 Å². The van der Waals surface area contributed by atoms with E-state index in [0.717, 1.165) is 29.1 Å². The Morgan fingerprint density at radius 2 is 1.89 bits per heavy atom. The quantitative estimate of drug-likeness (QED) is 0.758. The highest BCUT2D eigenvalue weighted by Gasteiger charge is 2.11. The monoisotopic (exact) mass is 238 g/mol. The van der Waals surface area contributed by atoms with Crippen LogP contribution in [0.25, 0.3) is 16.9 Å². The maximum Gasteiger partial charge on any atom is 0.178 e. The van der Waals surface area contributed by atoms with Gasteiger partial charge in [-0.05, 0) is 30.8 Å². The van der Waals surface area contributed by atoms with Crippen LogP contribution < -0.4 is 5.73 Å². The summed E-state index contributed by atoms with van der Waals surface area (Å²) in [6, 6.07) is 14.1. The van der Waals surface area contributed by atoms with Crippen molar-refractivity contribution >= 4 is 11.2 Å². The molecule has 0 amide bonds. The predicted molar refractivity (Wildman–Crippen MR) is 71.6 cm³/mol. The molecule has 3 aromatic rings. The molecule has 2 N–H and O–H groups in total. The SMILES string of the molecule is NCCc1nc2ncccc2n1-c1ccccc1. The van der Waals surface area contributed by atoms with Crippen molar-refractivity contribution in [3.8, 4) is 5.69 Å². The number of benzene rings is 1. The van der Waals surface area contributed by atoms with Crippen LogP contribution in [0.4, 0.5) is 0 Å². The lowest BCUT2D eigenvalue weighted by molar-refractivity contribution is 0.847. The van der Waals surface area contributed by atoms with Gasteiger partial charge in [-0.3, -0.25) is 4.57 Å². The normalized spacial score (nSPS) is 10.9. The van der Waals surface area contributed by atoms with E-state index in [0.29, 0.717) is 6.54 Å². The molecule has 2 aromatic heterocycles. The summed E-state index contributed by atoms with van der Waals surface area (Å²) >= 11 is 0. The second-order valence-corrected chi connectivity index (χ2v) is 4.08. The number of para-hydroxylation sites is 1. The topological polar surface area (TPSA) is 56.7 Å². The lowest BCUT2D eigenvalue weighted by Gasteiger charge is -2.07. The molecular formula is C14H14N4. The fraction of sp³-hybridized carbons (Fsp3) is 0.143. The van der Waals surface area contributed by atoms with Crippen LogP contribution in [0.2, 0.25) is 0 Å². The first-order valence-corrected chi connectivity index (χ1v) is 5.98. The standard InChI is InChI=1S/C14H14N4/c15-9-8-13-17-14-12(7-4-10-16-14)18(13)11-5-2-1-3-6-11/h1-7,10H,8-9,15H2. The molecule has 0 spiro atoms. The number of aromatic nitrogens is 3.